The Kier molecular flexibility index (Phi) is 5.58. The van der Waals surface area contributed by atoms with Gasteiger partial charge in [0.1, 0.15) is 11.9 Å². The molecule has 1 aliphatic carbocycles. The zero-order chi connectivity index (χ0) is 22.5. The fourth-order valence-electron chi connectivity index (χ4n) is 5.69. The van der Waals surface area contributed by atoms with Gasteiger partial charge >= 0.3 is 6.09 Å². The van der Waals surface area contributed by atoms with Gasteiger partial charge in [-0.25, -0.2) is 4.79 Å². The summed E-state index contributed by atoms with van der Waals surface area (Å²) >= 11 is 6.51. The van der Waals surface area contributed by atoms with Gasteiger partial charge in [-0.1, -0.05) is 43.6 Å². The molecule has 3 saturated heterocycles. The van der Waals surface area contributed by atoms with Crippen LogP contribution in [0.25, 0.3) is 11.1 Å². The van der Waals surface area contributed by atoms with E-state index >= 15 is 0 Å². The number of carbonyl (C=O) groups excluding carboxylic acids is 1. The number of hydrogen-bond donors (Lipinski definition) is 1. The normalized spacial score (nSPS) is 27.6. The molecule has 3 heterocycles. The van der Waals surface area contributed by atoms with Crippen LogP contribution in [0.3, 0.4) is 0 Å². The Morgan fingerprint density at radius 3 is 2.59 bits per heavy atom. The van der Waals surface area contributed by atoms with Gasteiger partial charge < -0.3 is 14.8 Å². The minimum absolute atomic E-state index is 0.0149. The second kappa shape index (κ2) is 8.27. The maximum atomic E-state index is 12.9. The van der Waals surface area contributed by atoms with Crippen LogP contribution >= 0.6 is 11.6 Å². The minimum Gasteiger partial charge on any atom is -0.497 e. The zero-order valence-corrected chi connectivity index (χ0v) is 19.7. The summed E-state index contributed by atoms with van der Waals surface area (Å²) in [6.07, 6.45) is 2.87. The topological polar surface area (TPSA) is 50.8 Å². The van der Waals surface area contributed by atoms with Crippen molar-refractivity contribution >= 4 is 17.7 Å². The summed E-state index contributed by atoms with van der Waals surface area (Å²) in [4.78, 5) is 15.3. The second-order valence-electron chi connectivity index (χ2n) is 10.1. The highest BCUT2D eigenvalue weighted by molar-refractivity contribution is 6.33. The molecule has 0 saturated carbocycles. The number of nitrogens with zero attached hydrogens (tertiary/aromatic N) is 1. The van der Waals surface area contributed by atoms with Crippen molar-refractivity contribution in [2.45, 2.75) is 45.3 Å². The number of piperidine rings is 3. The average Bonchev–Trinajstić information content (AvgIpc) is 3.03. The quantitative estimate of drug-likeness (QED) is 0.666. The molecule has 170 valence electrons. The van der Waals surface area contributed by atoms with Crippen LogP contribution in [0.5, 0.6) is 5.75 Å². The molecule has 3 fully saturated rings. The number of carbonyl (C=O) groups is 1. The first-order valence-corrected chi connectivity index (χ1v) is 11.9. The van der Waals surface area contributed by atoms with Crippen LogP contribution in [0.2, 0.25) is 5.02 Å². The summed E-state index contributed by atoms with van der Waals surface area (Å²) in [7, 11) is 1.64. The maximum absolute atomic E-state index is 12.9. The van der Waals surface area contributed by atoms with E-state index in [1.165, 1.54) is 5.56 Å². The number of benzene rings is 2. The van der Waals surface area contributed by atoms with Gasteiger partial charge in [0.25, 0.3) is 0 Å². The summed E-state index contributed by atoms with van der Waals surface area (Å²) in [5, 5.41) is 3.86. The fourth-order valence-corrected chi connectivity index (χ4v) is 5.97. The summed E-state index contributed by atoms with van der Waals surface area (Å²) < 4.78 is 11.2. The van der Waals surface area contributed by atoms with Crippen molar-refractivity contribution in [3.05, 3.63) is 52.5 Å². The molecule has 4 aliphatic rings. The summed E-state index contributed by atoms with van der Waals surface area (Å²) in [5.41, 5.74) is 4.36. The van der Waals surface area contributed by atoms with Gasteiger partial charge in [0, 0.05) is 12.1 Å². The Morgan fingerprint density at radius 2 is 1.94 bits per heavy atom. The Labute approximate surface area is 195 Å². The predicted molar refractivity (Wildman–Crippen MR) is 126 cm³/mol. The molecule has 3 aliphatic heterocycles. The molecule has 2 atom stereocenters. The van der Waals surface area contributed by atoms with Gasteiger partial charge in [0.2, 0.25) is 0 Å². The highest BCUT2D eigenvalue weighted by Crippen LogP contribution is 2.47. The van der Waals surface area contributed by atoms with E-state index in [2.05, 4.69) is 42.3 Å². The van der Waals surface area contributed by atoms with Gasteiger partial charge in [0.15, 0.2) is 0 Å². The smallest absolute Gasteiger partial charge is 0.407 e. The molecule has 0 radical (unpaired) electrons. The molecular weight excluding hydrogens is 424 g/mol. The molecule has 2 aromatic rings. The van der Waals surface area contributed by atoms with E-state index in [1.807, 2.05) is 18.2 Å². The van der Waals surface area contributed by atoms with Gasteiger partial charge in [-0.05, 0) is 78.6 Å². The van der Waals surface area contributed by atoms with E-state index in [4.69, 9.17) is 21.1 Å². The lowest BCUT2D eigenvalue weighted by molar-refractivity contribution is -0.0348. The fraction of sp³-hybridized carbons (Fsp3) is 0.500. The van der Waals surface area contributed by atoms with Crippen molar-refractivity contribution in [2.75, 3.05) is 26.7 Å². The highest BCUT2D eigenvalue weighted by Gasteiger charge is 2.42. The number of alkyl carbamates (subject to hydrolysis) is 1. The lowest BCUT2D eigenvalue weighted by atomic mass is 9.85. The van der Waals surface area contributed by atoms with Crippen LogP contribution in [0.15, 0.2) is 36.4 Å². The molecule has 2 aromatic carbocycles. The molecule has 2 bridgehead atoms. The van der Waals surface area contributed by atoms with Crippen molar-refractivity contribution in [1.29, 1.82) is 0 Å². The molecule has 1 amide bonds. The average molecular weight is 455 g/mol. The molecular formula is C26H31ClN2O3. The van der Waals surface area contributed by atoms with Crippen molar-refractivity contribution < 1.29 is 14.3 Å². The largest absolute Gasteiger partial charge is 0.497 e. The Hall–Kier alpha value is -2.24. The van der Waals surface area contributed by atoms with Crippen LogP contribution in [0.4, 0.5) is 4.79 Å². The first kappa shape index (κ1) is 21.6. The van der Waals surface area contributed by atoms with Crippen LogP contribution in [0.1, 0.15) is 43.9 Å². The Bertz CT molecular complexity index is 1030. The molecule has 6 heteroatoms. The Balaban J connectivity index is 1.34. The van der Waals surface area contributed by atoms with Crippen molar-refractivity contribution in [3.8, 4) is 16.9 Å². The molecule has 5 nitrogen and oxygen atoms in total. The van der Waals surface area contributed by atoms with E-state index in [-0.39, 0.29) is 23.7 Å². The first-order valence-electron chi connectivity index (χ1n) is 11.5. The van der Waals surface area contributed by atoms with Gasteiger partial charge in [-0.2, -0.15) is 0 Å². The number of amides is 1. The number of methoxy groups -OCH3 is 1. The van der Waals surface area contributed by atoms with E-state index in [0.717, 1.165) is 61.3 Å². The van der Waals surface area contributed by atoms with Gasteiger partial charge in [-0.15, -0.1) is 0 Å². The van der Waals surface area contributed by atoms with Crippen LogP contribution in [0, 0.1) is 11.3 Å². The number of rotatable bonds is 4. The van der Waals surface area contributed by atoms with Crippen LogP contribution in [-0.2, 0) is 11.2 Å². The van der Waals surface area contributed by atoms with Crippen molar-refractivity contribution in [3.63, 3.8) is 0 Å². The zero-order valence-electron chi connectivity index (χ0n) is 19.0. The number of fused-ring (bicyclic) bond motifs is 4. The Morgan fingerprint density at radius 1 is 1.16 bits per heavy atom. The van der Waals surface area contributed by atoms with Crippen LogP contribution in [-0.4, -0.2) is 43.8 Å². The van der Waals surface area contributed by atoms with E-state index in [9.17, 15) is 4.79 Å². The third kappa shape index (κ3) is 3.97. The highest BCUT2D eigenvalue weighted by atomic mass is 35.5. The molecule has 0 spiro atoms. The standard InChI is InChI=1S/C26H31ClN2O3/c1-26(2)14-18-12-17(20-7-5-19(31-3)13-22(20)27)4-6-21(18)24(26)28-25(30)32-23-15-29-10-8-16(23)9-11-29/h4-7,12-13,16,23-24H,8-11,14-15H2,1-3H3,(H,28,30)/t23-,24-/m0/s1. The third-order valence-corrected chi connectivity index (χ3v) is 7.80. The third-order valence-electron chi connectivity index (χ3n) is 7.49. The monoisotopic (exact) mass is 454 g/mol. The van der Waals surface area contributed by atoms with E-state index < -0.39 is 0 Å². The van der Waals surface area contributed by atoms with E-state index in [0.29, 0.717) is 10.9 Å². The van der Waals surface area contributed by atoms with Crippen molar-refractivity contribution in [2.24, 2.45) is 11.3 Å². The molecule has 0 aromatic heterocycles. The number of ether oxygens (including phenoxy) is 2. The number of hydrogen-bond acceptors (Lipinski definition) is 4. The summed E-state index contributed by atoms with van der Waals surface area (Å²) in [5.74, 6) is 1.25. The molecule has 1 N–H and O–H groups in total. The van der Waals surface area contributed by atoms with Crippen LogP contribution < -0.4 is 10.1 Å². The van der Waals surface area contributed by atoms with E-state index in [1.54, 1.807) is 7.11 Å². The number of nitrogens with one attached hydrogen (secondary N) is 1. The molecule has 32 heavy (non-hydrogen) atoms. The molecule has 0 unspecified atom stereocenters. The lowest BCUT2D eigenvalue weighted by Gasteiger charge is -2.44. The lowest BCUT2D eigenvalue weighted by Crippen LogP contribution is -2.53. The SMILES string of the molecule is COc1ccc(-c2ccc3c(c2)CC(C)(C)[C@H]3NC(=O)O[C@H]2CN3CCC2CC3)c(Cl)c1. The van der Waals surface area contributed by atoms with Gasteiger partial charge in [-0.3, -0.25) is 4.90 Å². The predicted octanol–water partition coefficient (Wildman–Crippen LogP) is 5.46. The summed E-state index contributed by atoms with van der Waals surface area (Å²) in [6.45, 7) is 7.54. The minimum atomic E-state index is -0.294. The second-order valence-corrected chi connectivity index (χ2v) is 10.5. The molecule has 6 rings (SSSR count). The first-order chi connectivity index (χ1) is 15.3. The number of halogens is 1. The summed E-state index contributed by atoms with van der Waals surface area (Å²) in [6, 6.07) is 12.1. The maximum Gasteiger partial charge on any atom is 0.407 e. The van der Waals surface area contributed by atoms with Gasteiger partial charge in [0.05, 0.1) is 18.2 Å². The van der Waals surface area contributed by atoms with Crippen molar-refractivity contribution in [1.82, 2.24) is 10.2 Å².